The average Bonchev–Trinajstić information content (AvgIpc) is 2.91. The van der Waals surface area contributed by atoms with E-state index in [1.54, 1.807) is 19.1 Å². The van der Waals surface area contributed by atoms with Gasteiger partial charge < -0.3 is 15.2 Å². The molecule has 2 aromatic carbocycles. The lowest BCUT2D eigenvalue weighted by Gasteiger charge is -2.23. The van der Waals surface area contributed by atoms with Crippen LogP contribution in [0.2, 0.25) is 10.0 Å². The minimum absolute atomic E-state index is 0.141. The molecule has 0 bridgehead atoms. The van der Waals surface area contributed by atoms with E-state index in [1.807, 2.05) is 24.3 Å². The van der Waals surface area contributed by atoms with Gasteiger partial charge in [0.05, 0.1) is 11.6 Å². The first-order valence-electron chi connectivity index (χ1n) is 9.62. The van der Waals surface area contributed by atoms with Crippen LogP contribution >= 0.6 is 23.2 Å². The number of aliphatic hydroxyl groups excluding tert-OH is 1. The Hall–Kier alpha value is -2.28. The van der Waals surface area contributed by atoms with Crippen molar-refractivity contribution in [3.8, 4) is 5.75 Å². The number of aliphatic hydroxyl groups is 1. The number of rotatable bonds is 7. The van der Waals surface area contributed by atoms with Gasteiger partial charge in [0.1, 0.15) is 24.0 Å². The van der Waals surface area contributed by atoms with E-state index in [0.29, 0.717) is 27.3 Å². The number of hydrogen-bond acceptors (Lipinski definition) is 4. The number of imide groups is 1. The van der Waals surface area contributed by atoms with Crippen LogP contribution in [0, 0.1) is 0 Å². The molecule has 0 spiro atoms. The molecule has 1 aliphatic rings. The van der Waals surface area contributed by atoms with E-state index in [2.05, 4.69) is 19.2 Å². The van der Waals surface area contributed by atoms with Crippen LogP contribution < -0.4 is 10.1 Å². The molecule has 2 aromatic rings. The van der Waals surface area contributed by atoms with Crippen LogP contribution in [0.4, 0.5) is 4.79 Å². The summed E-state index contributed by atoms with van der Waals surface area (Å²) in [4.78, 5) is 26.5. The van der Waals surface area contributed by atoms with E-state index < -0.39 is 23.6 Å². The lowest BCUT2D eigenvalue weighted by atomic mass is 9.90. The van der Waals surface area contributed by atoms with Gasteiger partial charge in [-0.15, -0.1) is 0 Å². The number of nitrogens with zero attached hydrogens (tertiary/aromatic N) is 1. The minimum Gasteiger partial charge on any atom is -0.489 e. The van der Waals surface area contributed by atoms with Crippen LogP contribution in [-0.4, -0.2) is 41.2 Å². The lowest BCUT2D eigenvalue weighted by Crippen LogP contribution is -2.42. The van der Waals surface area contributed by atoms with Gasteiger partial charge in [0.25, 0.3) is 5.91 Å². The SMILES string of the molecule is CC(C)c1ccc(C2(C)NC(=O)N(CC(O)COc3ccc(Cl)cc3Cl)C2=O)cc1. The van der Waals surface area contributed by atoms with Gasteiger partial charge in [0.15, 0.2) is 0 Å². The van der Waals surface area contributed by atoms with Crippen LogP contribution in [0.3, 0.4) is 0 Å². The van der Waals surface area contributed by atoms with Gasteiger partial charge in [-0.05, 0) is 42.2 Å². The summed E-state index contributed by atoms with van der Waals surface area (Å²) in [6, 6.07) is 11.8. The molecule has 1 aliphatic heterocycles. The molecule has 1 fully saturated rings. The third kappa shape index (κ3) is 4.56. The molecular weight excluding hydrogens is 427 g/mol. The quantitative estimate of drug-likeness (QED) is 0.615. The van der Waals surface area contributed by atoms with Gasteiger partial charge in [0.2, 0.25) is 0 Å². The molecule has 8 heteroatoms. The highest BCUT2D eigenvalue weighted by molar-refractivity contribution is 6.35. The number of hydrogen-bond donors (Lipinski definition) is 2. The zero-order valence-electron chi connectivity index (χ0n) is 17.0. The maximum Gasteiger partial charge on any atom is 0.325 e. The number of urea groups is 1. The van der Waals surface area contributed by atoms with Crippen molar-refractivity contribution >= 4 is 35.1 Å². The van der Waals surface area contributed by atoms with E-state index in [1.165, 1.54) is 6.07 Å². The molecule has 2 N–H and O–H groups in total. The summed E-state index contributed by atoms with van der Waals surface area (Å²) in [5, 5.41) is 13.8. The number of nitrogens with one attached hydrogen (secondary N) is 1. The zero-order valence-corrected chi connectivity index (χ0v) is 18.5. The molecule has 1 saturated heterocycles. The predicted molar refractivity (Wildman–Crippen MR) is 116 cm³/mol. The average molecular weight is 451 g/mol. The van der Waals surface area contributed by atoms with Gasteiger partial charge in [-0.25, -0.2) is 4.79 Å². The molecule has 0 saturated carbocycles. The molecule has 160 valence electrons. The summed E-state index contributed by atoms with van der Waals surface area (Å²) in [5.41, 5.74) is 0.642. The Kier molecular flexibility index (Phi) is 6.60. The highest BCUT2D eigenvalue weighted by Gasteiger charge is 2.49. The Bertz CT molecular complexity index is 949. The summed E-state index contributed by atoms with van der Waals surface area (Å²) in [6.07, 6.45) is -1.09. The van der Waals surface area contributed by atoms with Crippen molar-refractivity contribution < 1.29 is 19.4 Å². The number of β-amino-alcohol motifs (C(OH)–C–C–N with tert-alkyl or cyclic N) is 1. The number of carbonyl (C=O) groups excluding carboxylic acids is 2. The monoisotopic (exact) mass is 450 g/mol. The van der Waals surface area contributed by atoms with Gasteiger partial charge >= 0.3 is 6.03 Å². The molecule has 6 nitrogen and oxygen atoms in total. The third-order valence-electron chi connectivity index (χ3n) is 5.15. The molecular formula is C22H24Cl2N2O4. The number of amides is 3. The molecule has 3 amide bonds. The standard InChI is InChI=1S/C22H24Cl2N2O4/c1-13(2)14-4-6-15(7-5-14)22(3)20(28)26(21(29)25-22)11-17(27)12-30-19-9-8-16(23)10-18(19)24/h4-10,13,17,27H,11-12H2,1-3H3,(H,25,29). The van der Waals surface area contributed by atoms with Crippen molar-refractivity contribution in [2.45, 2.75) is 38.3 Å². The van der Waals surface area contributed by atoms with Crippen molar-refractivity contribution in [2.75, 3.05) is 13.2 Å². The van der Waals surface area contributed by atoms with Crippen LogP contribution in [0.5, 0.6) is 5.75 Å². The largest absolute Gasteiger partial charge is 0.489 e. The van der Waals surface area contributed by atoms with Crippen molar-refractivity contribution in [3.63, 3.8) is 0 Å². The topological polar surface area (TPSA) is 78.9 Å². The number of halogens is 2. The molecule has 0 radical (unpaired) electrons. The Balaban J connectivity index is 1.66. The van der Waals surface area contributed by atoms with Crippen LogP contribution in [0.1, 0.15) is 37.8 Å². The van der Waals surface area contributed by atoms with Gasteiger partial charge in [0, 0.05) is 5.02 Å². The van der Waals surface area contributed by atoms with Crippen molar-refractivity contribution in [1.82, 2.24) is 10.2 Å². The van der Waals surface area contributed by atoms with Crippen LogP contribution in [-0.2, 0) is 10.3 Å². The number of ether oxygens (including phenoxy) is 1. The van der Waals surface area contributed by atoms with Gasteiger partial charge in [-0.2, -0.15) is 0 Å². The van der Waals surface area contributed by atoms with Crippen LogP contribution in [0.25, 0.3) is 0 Å². The fourth-order valence-electron chi connectivity index (χ4n) is 3.30. The summed E-state index contributed by atoms with van der Waals surface area (Å²) < 4.78 is 5.50. The van der Waals surface area contributed by atoms with Gasteiger partial charge in [-0.3, -0.25) is 9.69 Å². The Morgan fingerprint density at radius 2 is 1.80 bits per heavy atom. The second-order valence-corrected chi connectivity index (χ2v) is 8.63. The summed E-state index contributed by atoms with van der Waals surface area (Å²) >= 11 is 11.9. The van der Waals surface area contributed by atoms with Crippen molar-refractivity contribution in [2.24, 2.45) is 0 Å². The van der Waals surface area contributed by atoms with Crippen molar-refractivity contribution in [3.05, 3.63) is 63.6 Å². The Labute approximate surface area is 185 Å². The molecule has 2 atom stereocenters. The third-order valence-corrected chi connectivity index (χ3v) is 5.68. The predicted octanol–water partition coefficient (Wildman–Crippen LogP) is 4.32. The lowest BCUT2D eigenvalue weighted by molar-refractivity contribution is -0.132. The molecule has 3 rings (SSSR count). The fraction of sp³-hybridized carbons (Fsp3) is 0.364. The molecule has 30 heavy (non-hydrogen) atoms. The molecule has 1 heterocycles. The Morgan fingerprint density at radius 1 is 1.13 bits per heavy atom. The normalized spacial score (nSPS) is 19.9. The first kappa shape index (κ1) is 22.4. The first-order chi connectivity index (χ1) is 14.1. The van der Waals surface area contributed by atoms with Gasteiger partial charge in [-0.1, -0.05) is 61.3 Å². The van der Waals surface area contributed by atoms with E-state index in [9.17, 15) is 14.7 Å². The van der Waals surface area contributed by atoms with E-state index in [4.69, 9.17) is 27.9 Å². The van der Waals surface area contributed by atoms with Crippen LogP contribution in [0.15, 0.2) is 42.5 Å². The second kappa shape index (κ2) is 8.84. The van der Waals surface area contributed by atoms with E-state index >= 15 is 0 Å². The second-order valence-electron chi connectivity index (χ2n) is 7.79. The Morgan fingerprint density at radius 3 is 2.40 bits per heavy atom. The van der Waals surface area contributed by atoms with E-state index in [0.717, 1.165) is 10.5 Å². The maximum absolute atomic E-state index is 13.0. The molecule has 0 aromatic heterocycles. The fourth-order valence-corrected chi connectivity index (χ4v) is 3.76. The number of carbonyl (C=O) groups is 2. The minimum atomic E-state index is -1.19. The summed E-state index contributed by atoms with van der Waals surface area (Å²) in [7, 11) is 0. The molecule has 0 aliphatic carbocycles. The number of benzene rings is 2. The first-order valence-corrected chi connectivity index (χ1v) is 10.4. The van der Waals surface area contributed by atoms with E-state index in [-0.39, 0.29) is 13.2 Å². The smallest absolute Gasteiger partial charge is 0.325 e. The molecule has 2 unspecified atom stereocenters. The zero-order chi connectivity index (χ0) is 22.1. The summed E-state index contributed by atoms with van der Waals surface area (Å²) in [5.74, 6) is 0.294. The highest BCUT2D eigenvalue weighted by Crippen LogP contribution is 2.31. The van der Waals surface area contributed by atoms with Crippen molar-refractivity contribution in [1.29, 1.82) is 0 Å². The summed E-state index contributed by atoms with van der Waals surface area (Å²) in [6.45, 7) is 5.49. The highest BCUT2D eigenvalue weighted by atomic mass is 35.5. The maximum atomic E-state index is 13.0.